The van der Waals surface area contributed by atoms with E-state index in [1.165, 1.54) is 0 Å². The van der Waals surface area contributed by atoms with Crippen LogP contribution in [0.3, 0.4) is 0 Å². The molecule has 1 fully saturated rings. The van der Waals surface area contributed by atoms with E-state index in [1.54, 1.807) is 0 Å². The molecule has 0 bridgehead atoms. The summed E-state index contributed by atoms with van der Waals surface area (Å²) >= 11 is 2.13. The van der Waals surface area contributed by atoms with Gasteiger partial charge in [0.2, 0.25) is 5.91 Å². The molecule has 8 heavy (non-hydrogen) atoms. The number of hydrogen-bond acceptors (Lipinski definition) is 1. The van der Waals surface area contributed by atoms with Crippen LogP contribution in [-0.2, 0) is 4.79 Å². The molecule has 3 heteroatoms. The lowest BCUT2D eigenvalue weighted by atomic mass is 10.4. The third-order valence-corrected chi connectivity index (χ3v) is 1.57. The van der Waals surface area contributed by atoms with Crippen LogP contribution in [0.2, 0.25) is 0 Å². The van der Waals surface area contributed by atoms with Crippen molar-refractivity contribution in [2.75, 3.05) is 4.55 Å². The maximum Gasteiger partial charge on any atom is 0.223 e. The molecule has 1 rings (SSSR count). The van der Waals surface area contributed by atoms with E-state index < -0.39 is 0 Å². The predicted octanol–water partition coefficient (Wildman–Crippen LogP) is 0.905. The monoisotopic (exact) mass is 225 g/mol. The standard InChI is InChI=1S/C5H8INO/c6-3-7-5(8)4-1-2-4/h4H,1-3H2,(H,7,8). The van der Waals surface area contributed by atoms with Crippen molar-refractivity contribution >= 4 is 28.5 Å². The van der Waals surface area contributed by atoms with Crippen molar-refractivity contribution in [3.63, 3.8) is 0 Å². The highest BCUT2D eigenvalue weighted by Crippen LogP contribution is 2.28. The summed E-state index contributed by atoms with van der Waals surface area (Å²) in [6, 6.07) is 0. The number of hydrogen-bond donors (Lipinski definition) is 1. The van der Waals surface area contributed by atoms with Crippen LogP contribution in [0.15, 0.2) is 0 Å². The quantitative estimate of drug-likeness (QED) is 0.422. The van der Waals surface area contributed by atoms with Crippen LogP contribution in [0.1, 0.15) is 12.8 Å². The average molecular weight is 225 g/mol. The van der Waals surface area contributed by atoms with Crippen LogP contribution in [-0.4, -0.2) is 10.5 Å². The number of carbonyl (C=O) groups is 1. The van der Waals surface area contributed by atoms with Gasteiger partial charge in [0.1, 0.15) is 0 Å². The smallest absolute Gasteiger partial charge is 0.223 e. The summed E-state index contributed by atoms with van der Waals surface area (Å²) in [6.45, 7) is 0. The lowest BCUT2D eigenvalue weighted by Crippen LogP contribution is -2.22. The van der Waals surface area contributed by atoms with E-state index >= 15 is 0 Å². The molecular formula is C5H8INO. The van der Waals surface area contributed by atoms with Crippen molar-refractivity contribution in [1.29, 1.82) is 0 Å². The number of carbonyl (C=O) groups excluding carboxylic acids is 1. The number of halogens is 1. The number of nitrogens with one attached hydrogen (secondary N) is 1. The van der Waals surface area contributed by atoms with Gasteiger partial charge < -0.3 is 5.32 Å². The van der Waals surface area contributed by atoms with Crippen LogP contribution < -0.4 is 5.32 Å². The van der Waals surface area contributed by atoms with Gasteiger partial charge in [0.25, 0.3) is 0 Å². The van der Waals surface area contributed by atoms with E-state index in [9.17, 15) is 4.79 Å². The molecule has 0 spiro atoms. The molecule has 0 heterocycles. The van der Waals surface area contributed by atoms with E-state index in [-0.39, 0.29) is 5.91 Å². The van der Waals surface area contributed by atoms with Gasteiger partial charge in [0, 0.05) is 5.92 Å². The van der Waals surface area contributed by atoms with Gasteiger partial charge in [0.15, 0.2) is 0 Å². The summed E-state index contributed by atoms with van der Waals surface area (Å²) in [5.41, 5.74) is 0. The van der Waals surface area contributed by atoms with Gasteiger partial charge in [-0.2, -0.15) is 0 Å². The maximum atomic E-state index is 10.7. The van der Waals surface area contributed by atoms with Gasteiger partial charge in [-0.3, -0.25) is 4.79 Å². The molecule has 0 aliphatic heterocycles. The predicted molar refractivity (Wildman–Crippen MR) is 39.8 cm³/mol. The highest BCUT2D eigenvalue weighted by atomic mass is 127. The second kappa shape index (κ2) is 2.66. The first kappa shape index (κ1) is 6.32. The van der Waals surface area contributed by atoms with Crippen molar-refractivity contribution in [2.45, 2.75) is 12.8 Å². The molecule has 0 aromatic carbocycles. The molecule has 0 atom stereocenters. The summed E-state index contributed by atoms with van der Waals surface area (Å²) < 4.78 is 0.743. The maximum absolute atomic E-state index is 10.7. The largest absolute Gasteiger partial charge is 0.347 e. The number of rotatable bonds is 2. The van der Waals surface area contributed by atoms with E-state index in [0.717, 1.165) is 17.4 Å². The Balaban J connectivity index is 2.13. The van der Waals surface area contributed by atoms with E-state index in [2.05, 4.69) is 27.9 Å². The first-order chi connectivity index (χ1) is 3.84. The second-order valence-corrected chi connectivity index (χ2v) is 2.71. The first-order valence-corrected chi connectivity index (χ1v) is 4.21. The lowest BCUT2D eigenvalue weighted by Gasteiger charge is -1.94. The topological polar surface area (TPSA) is 29.1 Å². The minimum Gasteiger partial charge on any atom is -0.347 e. The van der Waals surface area contributed by atoms with Crippen molar-refractivity contribution in [3.05, 3.63) is 0 Å². The van der Waals surface area contributed by atoms with E-state index in [4.69, 9.17) is 0 Å². The number of amides is 1. The zero-order valence-electron chi connectivity index (χ0n) is 4.48. The fourth-order valence-corrected chi connectivity index (χ4v) is 0.932. The van der Waals surface area contributed by atoms with Gasteiger partial charge in [-0.05, 0) is 12.8 Å². The Morgan fingerprint density at radius 3 is 2.75 bits per heavy atom. The van der Waals surface area contributed by atoms with Gasteiger partial charge in [0.05, 0.1) is 4.55 Å². The van der Waals surface area contributed by atoms with Crippen molar-refractivity contribution in [1.82, 2.24) is 5.32 Å². The van der Waals surface area contributed by atoms with Gasteiger partial charge in [-0.1, -0.05) is 22.6 Å². The molecule has 1 aliphatic carbocycles. The van der Waals surface area contributed by atoms with Gasteiger partial charge in [-0.15, -0.1) is 0 Å². The number of alkyl halides is 1. The lowest BCUT2D eigenvalue weighted by molar-refractivity contribution is -0.121. The molecule has 1 saturated carbocycles. The second-order valence-electron chi connectivity index (χ2n) is 1.95. The van der Waals surface area contributed by atoms with E-state index in [1.807, 2.05) is 0 Å². The molecule has 0 aromatic heterocycles. The molecule has 46 valence electrons. The Kier molecular flexibility index (Phi) is 2.10. The zero-order chi connectivity index (χ0) is 5.98. The molecule has 0 aromatic rings. The first-order valence-electron chi connectivity index (χ1n) is 2.68. The molecular weight excluding hydrogens is 217 g/mol. The molecule has 1 N–H and O–H groups in total. The minimum atomic E-state index is 0.236. The fraction of sp³-hybridized carbons (Fsp3) is 0.800. The van der Waals surface area contributed by atoms with Crippen LogP contribution in [0.25, 0.3) is 0 Å². The molecule has 1 aliphatic rings. The minimum absolute atomic E-state index is 0.236. The molecule has 0 radical (unpaired) electrons. The summed E-state index contributed by atoms with van der Waals surface area (Å²) in [5.74, 6) is 0.601. The van der Waals surface area contributed by atoms with Gasteiger partial charge >= 0.3 is 0 Å². The van der Waals surface area contributed by atoms with Crippen LogP contribution in [0.5, 0.6) is 0 Å². The normalized spacial score (nSPS) is 18.1. The third kappa shape index (κ3) is 1.61. The Bertz CT molecular complexity index is 101. The summed E-state index contributed by atoms with van der Waals surface area (Å²) in [7, 11) is 0. The highest BCUT2D eigenvalue weighted by Gasteiger charge is 2.28. The van der Waals surface area contributed by atoms with Gasteiger partial charge in [-0.25, -0.2) is 0 Å². The van der Waals surface area contributed by atoms with Crippen molar-refractivity contribution < 1.29 is 4.79 Å². The third-order valence-electron chi connectivity index (χ3n) is 1.19. The van der Waals surface area contributed by atoms with Crippen LogP contribution in [0.4, 0.5) is 0 Å². The zero-order valence-corrected chi connectivity index (χ0v) is 6.64. The molecule has 0 unspecified atom stereocenters. The summed E-state index contributed by atoms with van der Waals surface area (Å²) in [6.07, 6.45) is 2.20. The SMILES string of the molecule is O=C(NCI)C1CC1. The van der Waals surface area contributed by atoms with Crippen molar-refractivity contribution in [3.8, 4) is 0 Å². The van der Waals surface area contributed by atoms with Crippen LogP contribution >= 0.6 is 22.6 Å². The molecule has 2 nitrogen and oxygen atoms in total. The van der Waals surface area contributed by atoms with E-state index in [0.29, 0.717) is 5.92 Å². The Hall–Kier alpha value is 0.200. The highest BCUT2D eigenvalue weighted by molar-refractivity contribution is 14.1. The molecule has 0 saturated heterocycles. The Morgan fingerprint density at radius 2 is 2.38 bits per heavy atom. The molecule has 1 amide bonds. The van der Waals surface area contributed by atoms with Crippen LogP contribution in [0, 0.1) is 5.92 Å². The van der Waals surface area contributed by atoms with Crippen molar-refractivity contribution in [2.24, 2.45) is 5.92 Å². The average Bonchev–Trinajstić information content (AvgIpc) is 2.45. The Labute approximate surface area is 62.2 Å². The Morgan fingerprint density at radius 1 is 1.75 bits per heavy atom. The summed E-state index contributed by atoms with van der Waals surface area (Å²) in [4.78, 5) is 10.7. The fourth-order valence-electron chi connectivity index (χ4n) is 0.556. The summed E-state index contributed by atoms with van der Waals surface area (Å²) in [5, 5.41) is 2.76.